The zero-order chi connectivity index (χ0) is 39.2. The van der Waals surface area contributed by atoms with E-state index in [1.165, 1.54) is 0 Å². The van der Waals surface area contributed by atoms with Crippen molar-refractivity contribution in [2.24, 2.45) is 17.8 Å². The zero-order valence-electron chi connectivity index (χ0n) is 29.7. The maximum Gasteiger partial charge on any atom is 0.416 e. The van der Waals surface area contributed by atoms with Gasteiger partial charge < -0.3 is 14.6 Å². The summed E-state index contributed by atoms with van der Waals surface area (Å²) in [5.74, 6) is -3.77. The Balaban J connectivity index is 1.23. The second kappa shape index (κ2) is 14.7. The molecule has 4 aromatic rings. The normalized spacial score (nSPS) is 21.6. The molecule has 2 amide bonds. The number of aromatic hydroxyl groups is 1. The monoisotopic (exact) mass is 762 g/mol. The summed E-state index contributed by atoms with van der Waals surface area (Å²) < 4.78 is 95.3. The molecular formula is C42H36F6N2O5. The summed E-state index contributed by atoms with van der Waals surface area (Å²) in [6, 6.07) is 19.0. The van der Waals surface area contributed by atoms with Crippen molar-refractivity contribution in [2.75, 3.05) is 18.1 Å². The topological polar surface area (TPSA) is 89.0 Å². The highest BCUT2D eigenvalue weighted by Crippen LogP contribution is 2.51. The fraction of sp³-hybridized carbons (Fsp3) is 0.310. The number of carbonyl (C=O) groups excluding carboxylic acids is 2. The summed E-state index contributed by atoms with van der Waals surface area (Å²) in [6.07, 6.45) is -6.33. The number of pyridine rings is 1. The quantitative estimate of drug-likeness (QED) is 0.104. The third-order valence-electron chi connectivity index (χ3n) is 10.5. The molecule has 55 heavy (non-hydrogen) atoms. The fourth-order valence-corrected chi connectivity index (χ4v) is 8.00. The third-order valence-corrected chi connectivity index (χ3v) is 10.5. The molecule has 2 fully saturated rings. The van der Waals surface area contributed by atoms with Crippen molar-refractivity contribution < 1.29 is 50.5 Å². The van der Waals surface area contributed by atoms with Crippen LogP contribution in [0.15, 0.2) is 96.2 Å². The van der Waals surface area contributed by atoms with E-state index in [1.54, 1.807) is 36.5 Å². The lowest BCUT2D eigenvalue weighted by Crippen LogP contribution is -2.35. The first kappa shape index (κ1) is 37.9. The Kier molecular flexibility index (Phi) is 10.1. The van der Waals surface area contributed by atoms with Gasteiger partial charge in [0.05, 0.1) is 47.1 Å². The third kappa shape index (κ3) is 7.62. The predicted molar refractivity (Wildman–Crippen MR) is 192 cm³/mol. The zero-order valence-corrected chi connectivity index (χ0v) is 29.7. The van der Waals surface area contributed by atoms with Crippen LogP contribution >= 0.6 is 0 Å². The van der Waals surface area contributed by atoms with Crippen LogP contribution in [0.3, 0.4) is 0 Å². The number of hydrogen-bond donors (Lipinski definition) is 1. The molecule has 3 aromatic carbocycles. The van der Waals surface area contributed by atoms with E-state index in [0.717, 1.165) is 22.4 Å². The minimum absolute atomic E-state index is 0.00432. The second-order valence-electron chi connectivity index (χ2n) is 14.1. The standard InChI is InChI=1S/C42H36F6N2O5/c1-23-14-25(15-24(2)38(23)51)16-26(34-10-6-7-13-49-34)11-12-35-36-27(21-54-31-8-4-3-5-9-31)17-32-37(33(36)22-55-35)40(53)50(39(32)52)30-19-28(41(43,44)45)18-29(20-30)42(46,47)48/h3-10,13-16,18-20,32-33,35,37,51H,11-12,17,21-22H2,1-2H3/b26-16-/t32-,33+,35-,37-/m1/s1. The first-order chi connectivity index (χ1) is 26.1. The highest BCUT2D eigenvalue weighted by molar-refractivity contribution is 6.22. The van der Waals surface area contributed by atoms with Crippen molar-refractivity contribution >= 4 is 29.2 Å². The molecule has 1 aromatic heterocycles. The number of phenolic OH excluding ortho intramolecular Hbond substituents is 1. The lowest BCUT2D eigenvalue weighted by molar-refractivity contribution is -0.143. The van der Waals surface area contributed by atoms with Crippen LogP contribution in [0.25, 0.3) is 11.6 Å². The summed E-state index contributed by atoms with van der Waals surface area (Å²) >= 11 is 0. The number of imide groups is 1. The van der Waals surface area contributed by atoms with Crippen molar-refractivity contribution in [3.63, 3.8) is 0 Å². The van der Waals surface area contributed by atoms with E-state index >= 15 is 0 Å². The van der Waals surface area contributed by atoms with Crippen molar-refractivity contribution in [2.45, 2.75) is 51.6 Å². The summed E-state index contributed by atoms with van der Waals surface area (Å²) in [4.78, 5) is 33.2. The lowest BCUT2D eigenvalue weighted by Gasteiger charge is -2.31. The first-order valence-electron chi connectivity index (χ1n) is 17.7. The minimum atomic E-state index is -5.17. The largest absolute Gasteiger partial charge is 0.507 e. The number of hydrogen-bond acceptors (Lipinski definition) is 6. The van der Waals surface area contributed by atoms with Crippen LogP contribution in [-0.2, 0) is 26.7 Å². The number of nitrogens with zero attached hydrogens (tertiary/aromatic N) is 2. The Morgan fingerprint density at radius 1 is 0.891 bits per heavy atom. The van der Waals surface area contributed by atoms with Gasteiger partial charge in [-0.2, -0.15) is 26.3 Å². The maximum absolute atomic E-state index is 14.1. The van der Waals surface area contributed by atoms with Gasteiger partial charge in [-0.05, 0) is 127 Å². The maximum atomic E-state index is 14.1. The van der Waals surface area contributed by atoms with Gasteiger partial charge in [-0.25, -0.2) is 4.90 Å². The predicted octanol–water partition coefficient (Wildman–Crippen LogP) is 9.36. The molecule has 7 rings (SSSR count). The molecule has 1 aliphatic carbocycles. The van der Waals surface area contributed by atoms with Gasteiger partial charge in [-0.3, -0.25) is 14.6 Å². The number of carbonyl (C=O) groups is 2. The molecule has 0 saturated carbocycles. The number of halogens is 6. The number of benzene rings is 3. The van der Waals surface area contributed by atoms with Gasteiger partial charge in [0.25, 0.3) is 0 Å². The fourth-order valence-electron chi connectivity index (χ4n) is 8.00. The van der Waals surface area contributed by atoms with Crippen molar-refractivity contribution in [1.82, 2.24) is 4.98 Å². The SMILES string of the molecule is Cc1cc(/C=C(/CC[C@H]2OC[C@H]3C2=C(COc2ccccc2)C[C@H]2C(=O)N(c4cc(C(F)(F)F)cc(C(F)(F)F)c4)C(=O)[C@H]23)c2ccccn2)cc(C)c1O. The Hall–Kier alpha value is -5.43. The van der Waals surface area contributed by atoms with E-state index < -0.39 is 64.8 Å². The van der Waals surface area contributed by atoms with Gasteiger partial charge in [-0.15, -0.1) is 0 Å². The van der Waals surface area contributed by atoms with E-state index in [1.807, 2.05) is 50.3 Å². The van der Waals surface area contributed by atoms with Crippen molar-refractivity contribution in [3.8, 4) is 11.5 Å². The molecule has 2 aliphatic heterocycles. The molecule has 1 N–H and O–H groups in total. The van der Waals surface area contributed by atoms with E-state index in [4.69, 9.17) is 9.47 Å². The van der Waals surface area contributed by atoms with Crippen LogP contribution < -0.4 is 9.64 Å². The molecule has 0 unspecified atom stereocenters. The van der Waals surface area contributed by atoms with Gasteiger partial charge in [0.2, 0.25) is 11.8 Å². The molecular weight excluding hydrogens is 726 g/mol. The number of aromatic nitrogens is 1. The number of amides is 2. The summed E-state index contributed by atoms with van der Waals surface area (Å²) in [7, 11) is 0. The Labute approximate surface area is 312 Å². The molecule has 3 aliphatic rings. The number of rotatable bonds is 9. The minimum Gasteiger partial charge on any atom is -0.507 e. The van der Waals surface area contributed by atoms with Crippen LogP contribution in [0.5, 0.6) is 11.5 Å². The van der Waals surface area contributed by atoms with Crippen molar-refractivity contribution in [3.05, 3.63) is 130 Å². The summed E-state index contributed by atoms with van der Waals surface area (Å²) in [5.41, 5.74) is 1.28. The van der Waals surface area contributed by atoms with Crippen LogP contribution in [0.2, 0.25) is 0 Å². The van der Waals surface area contributed by atoms with E-state index in [0.29, 0.717) is 52.3 Å². The first-order valence-corrected chi connectivity index (χ1v) is 17.7. The van der Waals surface area contributed by atoms with Gasteiger partial charge in [-0.1, -0.05) is 24.3 Å². The van der Waals surface area contributed by atoms with Gasteiger partial charge in [0.1, 0.15) is 18.1 Å². The van der Waals surface area contributed by atoms with Crippen LogP contribution in [0, 0.1) is 31.6 Å². The smallest absolute Gasteiger partial charge is 0.416 e. The van der Waals surface area contributed by atoms with Crippen LogP contribution in [-0.4, -0.2) is 41.2 Å². The molecule has 0 spiro atoms. The molecule has 13 heteroatoms. The summed E-state index contributed by atoms with van der Waals surface area (Å²) in [6.45, 7) is 3.66. The Bertz CT molecular complexity index is 2130. The van der Waals surface area contributed by atoms with Crippen molar-refractivity contribution in [1.29, 1.82) is 0 Å². The highest BCUT2D eigenvalue weighted by atomic mass is 19.4. The van der Waals surface area contributed by atoms with Gasteiger partial charge in [0.15, 0.2) is 0 Å². The second-order valence-corrected chi connectivity index (χ2v) is 14.1. The van der Waals surface area contributed by atoms with Crippen LogP contribution in [0.1, 0.15) is 52.8 Å². The van der Waals surface area contributed by atoms with Gasteiger partial charge in [0, 0.05) is 12.1 Å². The number of aryl methyl sites for hydroxylation is 2. The molecule has 4 atom stereocenters. The number of alkyl halides is 6. The lowest BCUT2D eigenvalue weighted by atomic mass is 9.69. The van der Waals surface area contributed by atoms with Gasteiger partial charge >= 0.3 is 12.4 Å². The van der Waals surface area contributed by atoms with E-state index in [2.05, 4.69) is 4.98 Å². The molecule has 2 saturated heterocycles. The molecule has 7 nitrogen and oxygen atoms in total. The number of anilines is 1. The number of fused-ring (bicyclic) bond motifs is 3. The van der Waals surface area contributed by atoms with E-state index in [-0.39, 0.29) is 31.5 Å². The van der Waals surface area contributed by atoms with Crippen LogP contribution in [0.4, 0.5) is 32.0 Å². The number of allylic oxidation sites excluding steroid dienone is 1. The number of para-hydroxylation sites is 1. The average molecular weight is 763 g/mol. The molecule has 3 heterocycles. The molecule has 0 radical (unpaired) electrons. The van der Waals surface area contributed by atoms with E-state index in [9.17, 15) is 41.0 Å². The Morgan fingerprint density at radius 3 is 2.16 bits per heavy atom. The number of ether oxygens (including phenoxy) is 2. The average Bonchev–Trinajstić information content (AvgIpc) is 3.68. The highest BCUT2D eigenvalue weighted by Gasteiger charge is 2.58. The molecule has 0 bridgehead atoms. The number of phenols is 1. The molecule has 286 valence electrons. The Morgan fingerprint density at radius 2 is 1.55 bits per heavy atom. The summed E-state index contributed by atoms with van der Waals surface area (Å²) in [5, 5.41) is 10.3.